The minimum Gasteiger partial charge on any atom is -0.394 e. The van der Waals surface area contributed by atoms with Gasteiger partial charge in [-0.15, -0.1) is 0 Å². The zero-order chi connectivity index (χ0) is 12.7. The fourth-order valence-electron chi connectivity index (χ4n) is 1.37. The molecule has 1 aromatic heterocycles. The Morgan fingerprint density at radius 2 is 2.24 bits per heavy atom. The van der Waals surface area contributed by atoms with Gasteiger partial charge in [-0.1, -0.05) is 19.8 Å². The van der Waals surface area contributed by atoms with Crippen molar-refractivity contribution < 1.29 is 13.5 Å². The van der Waals surface area contributed by atoms with Gasteiger partial charge in [0.05, 0.1) is 19.3 Å². The van der Waals surface area contributed by atoms with Gasteiger partial charge in [-0.05, 0) is 6.42 Å². The van der Waals surface area contributed by atoms with Gasteiger partial charge in [-0.25, -0.2) is 13.1 Å². The second-order valence-electron chi connectivity index (χ2n) is 3.77. The molecule has 7 heteroatoms. The lowest BCUT2D eigenvalue weighted by Crippen LogP contribution is -2.24. The van der Waals surface area contributed by atoms with Gasteiger partial charge in [0, 0.05) is 12.7 Å². The number of aromatic nitrogens is 2. The Kier molecular flexibility index (Phi) is 5.60. The third-order valence-corrected chi connectivity index (χ3v) is 3.74. The van der Waals surface area contributed by atoms with Crippen molar-refractivity contribution in [2.75, 3.05) is 13.2 Å². The lowest BCUT2D eigenvalue weighted by Gasteiger charge is -2.03. The molecule has 1 heterocycles. The lowest BCUT2D eigenvalue weighted by atomic mass is 10.3. The number of hydrogen-bond donors (Lipinski definition) is 2. The molecule has 0 unspecified atom stereocenters. The summed E-state index contributed by atoms with van der Waals surface area (Å²) < 4.78 is 27.5. The standard InChI is InChI=1S/C10H19N3O3S/c1-2-3-4-5-12-17(15,16)10-8-11-13(9-10)6-7-14/h8-9,12,14H,2-7H2,1H3. The van der Waals surface area contributed by atoms with E-state index in [0.717, 1.165) is 19.3 Å². The topological polar surface area (TPSA) is 84.2 Å². The number of unbranched alkanes of at least 4 members (excludes halogenated alkanes) is 2. The fraction of sp³-hybridized carbons (Fsp3) is 0.700. The highest BCUT2D eigenvalue weighted by Crippen LogP contribution is 2.06. The molecule has 0 radical (unpaired) electrons. The third kappa shape index (κ3) is 4.45. The molecule has 1 aromatic rings. The summed E-state index contributed by atoms with van der Waals surface area (Å²) in [4.78, 5) is 0.141. The lowest BCUT2D eigenvalue weighted by molar-refractivity contribution is 0.269. The first kappa shape index (κ1) is 14.1. The maximum Gasteiger partial charge on any atom is 0.243 e. The molecule has 0 spiro atoms. The van der Waals surface area contributed by atoms with Crippen molar-refractivity contribution in [2.24, 2.45) is 0 Å². The molecule has 0 aliphatic heterocycles. The van der Waals surface area contributed by atoms with Gasteiger partial charge in [0.1, 0.15) is 4.90 Å². The van der Waals surface area contributed by atoms with Gasteiger partial charge < -0.3 is 5.11 Å². The van der Waals surface area contributed by atoms with Crippen molar-refractivity contribution >= 4 is 10.0 Å². The average molecular weight is 261 g/mol. The van der Waals surface area contributed by atoms with Crippen LogP contribution in [0.3, 0.4) is 0 Å². The number of sulfonamides is 1. The van der Waals surface area contributed by atoms with Crippen LogP contribution in [0.5, 0.6) is 0 Å². The summed E-state index contributed by atoms with van der Waals surface area (Å²) in [6.45, 7) is 2.74. The van der Waals surface area contributed by atoms with E-state index in [1.54, 1.807) is 0 Å². The average Bonchev–Trinajstić information content (AvgIpc) is 2.74. The second-order valence-corrected chi connectivity index (χ2v) is 5.53. The van der Waals surface area contributed by atoms with E-state index in [1.807, 2.05) is 0 Å². The monoisotopic (exact) mass is 261 g/mol. The highest BCUT2D eigenvalue weighted by atomic mass is 32.2. The van der Waals surface area contributed by atoms with Crippen molar-refractivity contribution in [1.82, 2.24) is 14.5 Å². The van der Waals surface area contributed by atoms with Gasteiger partial charge in [0.2, 0.25) is 10.0 Å². The molecule has 2 N–H and O–H groups in total. The van der Waals surface area contributed by atoms with Gasteiger partial charge in [0.25, 0.3) is 0 Å². The molecule has 0 aliphatic rings. The zero-order valence-corrected chi connectivity index (χ0v) is 10.8. The smallest absolute Gasteiger partial charge is 0.243 e. The number of nitrogens with zero attached hydrogens (tertiary/aromatic N) is 2. The molecule has 1 rings (SSSR count). The Labute approximate surface area is 102 Å². The minimum absolute atomic E-state index is 0.0644. The molecule has 0 aliphatic carbocycles. The molecule has 0 atom stereocenters. The van der Waals surface area contributed by atoms with Crippen LogP contribution in [-0.2, 0) is 16.6 Å². The molecule has 0 saturated carbocycles. The van der Waals surface area contributed by atoms with Gasteiger partial charge in [-0.2, -0.15) is 5.10 Å². The summed E-state index contributed by atoms with van der Waals surface area (Å²) in [5.74, 6) is 0. The summed E-state index contributed by atoms with van der Waals surface area (Å²) in [6.07, 6.45) is 5.60. The van der Waals surface area contributed by atoms with Crippen molar-refractivity contribution in [2.45, 2.75) is 37.6 Å². The first-order chi connectivity index (χ1) is 8.10. The summed E-state index contributed by atoms with van der Waals surface area (Å²) in [7, 11) is -3.45. The predicted octanol–water partition coefficient (Wildman–Crippen LogP) is 0.344. The molecule has 0 fully saturated rings. The molecule has 17 heavy (non-hydrogen) atoms. The van der Waals surface area contributed by atoms with Crippen LogP contribution in [0, 0.1) is 0 Å². The highest BCUT2D eigenvalue weighted by Gasteiger charge is 2.15. The van der Waals surface area contributed by atoms with E-state index in [1.165, 1.54) is 17.1 Å². The van der Waals surface area contributed by atoms with E-state index in [0.29, 0.717) is 13.1 Å². The van der Waals surface area contributed by atoms with Crippen LogP contribution in [0.1, 0.15) is 26.2 Å². The normalized spacial score (nSPS) is 11.9. The van der Waals surface area contributed by atoms with Crippen LogP contribution < -0.4 is 4.72 Å². The molecule has 0 bridgehead atoms. The van der Waals surface area contributed by atoms with Crippen molar-refractivity contribution in [3.8, 4) is 0 Å². The first-order valence-electron chi connectivity index (χ1n) is 5.73. The maximum atomic E-state index is 11.8. The summed E-state index contributed by atoms with van der Waals surface area (Å²) >= 11 is 0. The van der Waals surface area contributed by atoms with E-state index in [4.69, 9.17) is 5.11 Å². The van der Waals surface area contributed by atoms with E-state index in [9.17, 15) is 8.42 Å². The molecule has 0 aromatic carbocycles. The number of rotatable bonds is 8. The van der Waals surface area contributed by atoms with Crippen molar-refractivity contribution in [1.29, 1.82) is 0 Å². The van der Waals surface area contributed by atoms with Crippen molar-refractivity contribution in [3.05, 3.63) is 12.4 Å². The number of aliphatic hydroxyl groups excluding tert-OH is 1. The quantitative estimate of drug-likeness (QED) is 0.661. The summed E-state index contributed by atoms with van der Waals surface area (Å²) in [6, 6.07) is 0. The van der Waals surface area contributed by atoms with Crippen LogP contribution in [0.25, 0.3) is 0 Å². The van der Waals surface area contributed by atoms with E-state index in [-0.39, 0.29) is 11.5 Å². The Morgan fingerprint density at radius 1 is 1.47 bits per heavy atom. The number of nitrogens with one attached hydrogen (secondary N) is 1. The molecule has 0 saturated heterocycles. The predicted molar refractivity (Wildman–Crippen MR) is 64.0 cm³/mol. The van der Waals surface area contributed by atoms with Gasteiger partial charge in [-0.3, -0.25) is 4.68 Å². The Morgan fingerprint density at radius 3 is 2.88 bits per heavy atom. The van der Waals surface area contributed by atoms with E-state index >= 15 is 0 Å². The van der Waals surface area contributed by atoms with Crippen LogP contribution in [0.4, 0.5) is 0 Å². The van der Waals surface area contributed by atoms with Crippen molar-refractivity contribution in [3.63, 3.8) is 0 Å². The summed E-state index contributed by atoms with van der Waals surface area (Å²) in [5, 5.41) is 12.6. The number of aliphatic hydroxyl groups is 1. The molecule has 0 amide bonds. The molecule has 98 valence electrons. The zero-order valence-electron chi connectivity index (χ0n) is 9.96. The Hall–Kier alpha value is -0.920. The van der Waals surface area contributed by atoms with Gasteiger partial charge in [0.15, 0.2) is 0 Å². The minimum atomic E-state index is -3.45. The highest BCUT2D eigenvalue weighted by molar-refractivity contribution is 7.89. The third-order valence-electron chi connectivity index (χ3n) is 2.32. The number of hydrogen-bond acceptors (Lipinski definition) is 4. The van der Waals surface area contributed by atoms with Crippen LogP contribution in [0.15, 0.2) is 17.3 Å². The molecular formula is C10H19N3O3S. The summed E-state index contributed by atoms with van der Waals surface area (Å²) in [5.41, 5.74) is 0. The van der Waals surface area contributed by atoms with Gasteiger partial charge >= 0.3 is 0 Å². The van der Waals surface area contributed by atoms with E-state index in [2.05, 4.69) is 16.7 Å². The second kappa shape index (κ2) is 6.73. The SMILES string of the molecule is CCCCCNS(=O)(=O)c1cnn(CCO)c1. The maximum absolute atomic E-state index is 11.8. The van der Waals surface area contributed by atoms with Crippen LogP contribution >= 0.6 is 0 Å². The van der Waals surface area contributed by atoms with Crippen LogP contribution in [-0.4, -0.2) is 36.5 Å². The Balaban J connectivity index is 2.56. The fourth-order valence-corrected chi connectivity index (χ4v) is 2.40. The van der Waals surface area contributed by atoms with Crippen LogP contribution in [0.2, 0.25) is 0 Å². The molecular weight excluding hydrogens is 242 g/mol. The molecule has 6 nitrogen and oxygen atoms in total. The first-order valence-corrected chi connectivity index (χ1v) is 7.21. The Bertz CT molecular complexity index is 428. The largest absolute Gasteiger partial charge is 0.394 e. The van der Waals surface area contributed by atoms with E-state index < -0.39 is 10.0 Å².